The Morgan fingerprint density at radius 1 is 1.13 bits per heavy atom. The van der Waals surface area contributed by atoms with E-state index in [-0.39, 0.29) is 11.7 Å². The average molecular weight is 318 g/mol. The van der Waals surface area contributed by atoms with Crippen molar-refractivity contribution in [1.82, 2.24) is 5.32 Å². The van der Waals surface area contributed by atoms with E-state index in [1.807, 2.05) is 13.8 Å². The Hall–Kier alpha value is -2.17. The van der Waals surface area contributed by atoms with E-state index in [1.165, 1.54) is 12.1 Å². The molecule has 2 atom stereocenters. The third-order valence-electron chi connectivity index (χ3n) is 4.53. The van der Waals surface area contributed by atoms with Gasteiger partial charge in [-0.1, -0.05) is 23.3 Å². The van der Waals surface area contributed by atoms with Gasteiger partial charge >= 0.3 is 0 Å². The molecule has 4 nitrogen and oxygen atoms in total. The number of allylic oxidation sites excluding steroid dienone is 2. The standard InChI is InChI=1S/C18H22FNO3/c1-11-9-15(16(18(22)23)10-12(11)2)17(21)20-8-7-13-3-5-14(19)6-4-13/h3-6,15-16H,7-10H2,1-2H3,(H,20,21)(H,22,23)/p-1/t15-,16+/m0/s1. The highest BCUT2D eigenvalue weighted by Gasteiger charge is 2.33. The van der Waals surface area contributed by atoms with Gasteiger partial charge in [0.25, 0.3) is 0 Å². The van der Waals surface area contributed by atoms with E-state index in [1.54, 1.807) is 12.1 Å². The molecule has 1 aliphatic carbocycles. The highest BCUT2D eigenvalue weighted by Crippen LogP contribution is 2.33. The Kier molecular flexibility index (Phi) is 5.53. The summed E-state index contributed by atoms with van der Waals surface area (Å²) in [6.07, 6.45) is 1.39. The third kappa shape index (κ3) is 4.41. The maximum absolute atomic E-state index is 12.8. The minimum absolute atomic E-state index is 0.256. The van der Waals surface area contributed by atoms with E-state index in [2.05, 4.69) is 5.32 Å². The number of carbonyl (C=O) groups excluding carboxylic acids is 2. The summed E-state index contributed by atoms with van der Waals surface area (Å²) in [5, 5.41) is 14.1. The molecule has 0 radical (unpaired) electrons. The summed E-state index contributed by atoms with van der Waals surface area (Å²) in [5.74, 6) is -3.08. The van der Waals surface area contributed by atoms with Crippen LogP contribution in [-0.4, -0.2) is 18.4 Å². The molecule has 1 aromatic carbocycles. The van der Waals surface area contributed by atoms with Crippen molar-refractivity contribution < 1.29 is 19.1 Å². The van der Waals surface area contributed by atoms with Crippen LogP contribution in [0, 0.1) is 17.7 Å². The van der Waals surface area contributed by atoms with Crippen molar-refractivity contribution in [3.8, 4) is 0 Å². The molecule has 1 amide bonds. The fourth-order valence-corrected chi connectivity index (χ4v) is 2.93. The SMILES string of the molecule is CC1=C(C)C[C@@H](C(=O)[O-])[C@@H](C(=O)NCCc2ccc(F)cc2)C1. The largest absolute Gasteiger partial charge is 0.550 e. The highest BCUT2D eigenvalue weighted by molar-refractivity contribution is 5.85. The van der Waals surface area contributed by atoms with E-state index >= 15 is 0 Å². The van der Waals surface area contributed by atoms with Gasteiger partial charge < -0.3 is 15.2 Å². The summed E-state index contributed by atoms with van der Waals surface area (Å²) in [6, 6.07) is 6.09. The predicted octanol–water partition coefficient (Wildman–Crippen LogP) is 1.60. The summed E-state index contributed by atoms with van der Waals surface area (Å²) < 4.78 is 12.8. The minimum atomic E-state index is -1.17. The Morgan fingerprint density at radius 2 is 1.70 bits per heavy atom. The van der Waals surface area contributed by atoms with Gasteiger partial charge in [0.1, 0.15) is 5.82 Å². The Bertz CT molecular complexity index is 622. The summed E-state index contributed by atoms with van der Waals surface area (Å²) in [7, 11) is 0. The number of rotatable bonds is 5. The van der Waals surface area contributed by atoms with Crippen molar-refractivity contribution in [3.63, 3.8) is 0 Å². The van der Waals surface area contributed by atoms with Crippen LogP contribution in [0.25, 0.3) is 0 Å². The molecule has 0 saturated heterocycles. The zero-order chi connectivity index (χ0) is 17.0. The molecule has 0 aromatic heterocycles. The van der Waals surface area contributed by atoms with Crippen LogP contribution in [0.3, 0.4) is 0 Å². The number of nitrogens with one attached hydrogen (secondary N) is 1. The van der Waals surface area contributed by atoms with Crippen molar-refractivity contribution in [3.05, 3.63) is 46.8 Å². The lowest BCUT2D eigenvalue weighted by Crippen LogP contribution is -2.45. The summed E-state index contributed by atoms with van der Waals surface area (Å²) in [6.45, 7) is 4.22. The van der Waals surface area contributed by atoms with Crippen LogP contribution in [0.5, 0.6) is 0 Å². The molecule has 0 bridgehead atoms. The molecule has 5 heteroatoms. The zero-order valence-corrected chi connectivity index (χ0v) is 13.4. The fraction of sp³-hybridized carbons (Fsp3) is 0.444. The van der Waals surface area contributed by atoms with Crippen molar-refractivity contribution >= 4 is 11.9 Å². The molecule has 1 aliphatic rings. The number of benzene rings is 1. The van der Waals surface area contributed by atoms with Gasteiger partial charge in [-0.25, -0.2) is 4.39 Å². The van der Waals surface area contributed by atoms with Crippen molar-refractivity contribution in [1.29, 1.82) is 0 Å². The first-order chi connectivity index (χ1) is 10.9. The lowest BCUT2D eigenvalue weighted by atomic mass is 9.76. The highest BCUT2D eigenvalue weighted by atomic mass is 19.1. The Balaban J connectivity index is 1.93. The molecule has 0 aliphatic heterocycles. The zero-order valence-electron chi connectivity index (χ0n) is 13.4. The van der Waals surface area contributed by atoms with Crippen molar-refractivity contribution in [2.24, 2.45) is 11.8 Å². The molecular formula is C18H21FNO3-. The third-order valence-corrected chi connectivity index (χ3v) is 4.53. The monoisotopic (exact) mass is 318 g/mol. The lowest BCUT2D eigenvalue weighted by Gasteiger charge is -2.32. The van der Waals surface area contributed by atoms with Crippen molar-refractivity contribution in [2.75, 3.05) is 6.54 Å². The van der Waals surface area contributed by atoms with Crippen molar-refractivity contribution in [2.45, 2.75) is 33.1 Å². The van der Waals surface area contributed by atoms with Gasteiger partial charge in [0.2, 0.25) is 5.91 Å². The van der Waals surface area contributed by atoms with E-state index in [0.29, 0.717) is 25.8 Å². The first-order valence-electron chi connectivity index (χ1n) is 7.76. The number of carboxylic acids is 1. The molecule has 2 rings (SSSR count). The van der Waals surface area contributed by atoms with Gasteiger partial charge in [0.15, 0.2) is 0 Å². The second-order valence-electron chi connectivity index (χ2n) is 6.17. The van der Waals surface area contributed by atoms with Crippen LogP contribution in [0.1, 0.15) is 32.3 Å². The van der Waals surface area contributed by atoms with Crippen LogP contribution >= 0.6 is 0 Å². The first kappa shape index (κ1) is 17.2. The number of carbonyl (C=O) groups is 2. The second kappa shape index (κ2) is 7.40. The first-order valence-corrected chi connectivity index (χ1v) is 7.76. The van der Waals surface area contributed by atoms with Crippen LogP contribution in [0.15, 0.2) is 35.4 Å². The van der Waals surface area contributed by atoms with Gasteiger partial charge in [-0.2, -0.15) is 0 Å². The van der Waals surface area contributed by atoms with Gasteiger partial charge in [-0.05, 0) is 50.8 Å². The second-order valence-corrected chi connectivity index (χ2v) is 6.17. The van der Waals surface area contributed by atoms with Gasteiger partial charge in [0.05, 0.1) is 0 Å². The molecule has 1 aromatic rings. The lowest BCUT2D eigenvalue weighted by molar-refractivity contribution is -0.313. The fourth-order valence-electron chi connectivity index (χ4n) is 2.93. The predicted molar refractivity (Wildman–Crippen MR) is 82.7 cm³/mol. The van der Waals surface area contributed by atoms with Crippen LogP contribution in [-0.2, 0) is 16.0 Å². The van der Waals surface area contributed by atoms with E-state index < -0.39 is 17.8 Å². The molecule has 23 heavy (non-hydrogen) atoms. The average Bonchev–Trinajstić information content (AvgIpc) is 2.51. The van der Waals surface area contributed by atoms with Crippen LogP contribution in [0.2, 0.25) is 0 Å². The number of hydrogen-bond acceptors (Lipinski definition) is 3. The van der Waals surface area contributed by atoms with Gasteiger partial charge in [-0.15, -0.1) is 0 Å². The molecule has 0 heterocycles. The summed E-state index contributed by atoms with van der Waals surface area (Å²) in [5.41, 5.74) is 3.01. The molecule has 0 saturated carbocycles. The summed E-state index contributed by atoms with van der Waals surface area (Å²) >= 11 is 0. The number of aliphatic carboxylic acids is 1. The molecule has 0 fully saturated rings. The van der Waals surface area contributed by atoms with Crippen LogP contribution in [0.4, 0.5) is 4.39 Å². The number of carboxylic acid groups (broad SMARTS) is 1. The molecule has 0 unspecified atom stereocenters. The molecule has 124 valence electrons. The maximum atomic E-state index is 12.8. The number of hydrogen-bond donors (Lipinski definition) is 1. The number of halogens is 1. The van der Waals surface area contributed by atoms with E-state index in [9.17, 15) is 19.1 Å². The maximum Gasteiger partial charge on any atom is 0.224 e. The minimum Gasteiger partial charge on any atom is -0.550 e. The quantitative estimate of drug-likeness (QED) is 0.838. The molecule has 0 spiro atoms. The Morgan fingerprint density at radius 3 is 2.26 bits per heavy atom. The van der Waals surface area contributed by atoms with E-state index in [4.69, 9.17) is 0 Å². The van der Waals surface area contributed by atoms with Gasteiger partial charge in [-0.3, -0.25) is 4.79 Å². The smallest absolute Gasteiger partial charge is 0.224 e. The molecule has 1 N–H and O–H groups in total. The van der Waals surface area contributed by atoms with Crippen LogP contribution < -0.4 is 10.4 Å². The summed E-state index contributed by atoms with van der Waals surface area (Å²) in [4.78, 5) is 23.6. The van der Waals surface area contributed by atoms with E-state index in [0.717, 1.165) is 16.7 Å². The Labute approximate surface area is 135 Å². The van der Waals surface area contributed by atoms with Gasteiger partial charge in [0, 0.05) is 24.3 Å². The molecular weight excluding hydrogens is 297 g/mol. The normalized spacial score (nSPS) is 21.2. The number of amides is 1. The topological polar surface area (TPSA) is 69.2 Å².